The minimum atomic E-state index is -0.537. The summed E-state index contributed by atoms with van der Waals surface area (Å²) in [6, 6.07) is 13.0. The summed E-state index contributed by atoms with van der Waals surface area (Å²) in [6.07, 6.45) is 5.41. The van der Waals surface area contributed by atoms with E-state index in [2.05, 4.69) is 32.1 Å². The highest BCUT2D eigenvalue weighted by Crippen LogP contribution is 2.35. The van der Waals surface area contributed by atoms with E-state index in [1.807, 2.05) is 50.2 Å². The molecule has 0 saturated carbocycles. The Bertz CT molecular complexity index is 981. The van der Waals surface area contributed by atoms with Crippen molar-refractivity contribution in [1.29, 1.82) is 0 Å². The monoisotopic (exact) mass is 372 g/mol. The number of hydrogen-bond acceptors (Lipinski definition) is 5. The van der Waals surface area contributed by atoms with Gasteiger partial charge in [0.2, 0.25) is 0 Å². The predicted molar refractivity (Wildman–Crippen MR) is 105 cm³/mol. The quantitative estimate of drug-likeness (QED) is 0.692. The molecule has 0 radical (unpaired) electrons. The lowest BCUT2D eigenvalue weighted by Gasteiger charge is -2.16. The highest BCUT2D eigenvalue weighted by Gasteiger charge is 2.37. The summed E-state index contributed by atoms with van der Waals surface area (Å²) in [7, 11) is 0. The second kappa shape index (κ2) is 9.28. The fourth-order valence-electron chi connectivity index (χ4n) is 2.74. The highest BCUT2D eigenvalue weighted by molar-refractivity contribution is 5.71. The Morgan fingerprint density at radius 3 is 2.54 bits per heavy atom. The van der Waals surface area contributed by atoms with Gasteiger partial charge >= 0.3 is 6.09 Å². The number of carbonyl (C=O) groups excluding carboxylic acids is 1. The van der Waals surface area contributed by atoms with E-state index in [1.54, 1.807) is 24.7 Å². The van der Waals surface area contributed by atoms with E-state index in [1.165, 1.54) is 6.33 Å². The zero-order valence-corrected chi connectivity index (χ0v) is 15.7. The Hall–Kier alpha value is -3.72. The molecule has 1 aliphatic rings. The summed E-state index contributed by atoms with van der Waals surface area (Å²) in [5.74, 6) is 6.20. The number of cyclic esters (lactones) is 1. The molecule has 6 nitrogen and oxygen atoms in total. The first-order chi connectivity index (χ1) is 13.8. The van der Waals surface area contributed by atoms with Gasteiger partial charge < -0.3 is 10.1 Å². The number of nitrogens with one attached hydrogen (secondary N) is 1. The number of hydrogen-bond donors (Lipinski definition) is 1. The van der Waals surface area contributed by atoms with Gasteiger partial charge in [0, 0.05) is 29.7 Å². The number of nitrogens with zero attached hydrogens (tertiary/aromatic N) is 3. The first kappa shape index (κ1) is 19.1. The largest absolute Gasteiger partial charge is 0.437 e. The van der Waals surface area contributed by atoms with Crippen molar-refractivity contribution in [2.24, 2.45) is 0 Å². The van der Waals surface area contributed by atoms with Gasteiger partial charge in [0.15, 0.2) is 6.10 Å². The Labute approximate surface area is 164 Å². The van der Waals surface area contributed by atoms with Gasteiger partial charge in [0.05, 0.1) is 5.69 Å². The summed E-state index contributed by atoms with van der Waals surface area (Å²) in [6.45, 7) is 4.00. The molecule has 1 aliphatic heterocycles. The average Bonchev–Trinajstić information content (AvgIpc) is 3.17. The van der Waals surface area contributed by atoms with Crippen molar-refractivity contribution in [2.75, 3.05) is 0 Å². The smallest absolute Gasteiger partial charge is 0.408 e. The molecule has 3 aromatic rings. The molecular formula is C22H20N4O2. The SMILES string of the molecule is CC.O=C1N[C@H](c2cncc(C#Cc3ccccc3)c2)[C@H](c2ccncn2)O1. The van der Waals surface area contributed by atoms with Crippen LogP contribution in [-0.4, -0.2) is 21.0 Å². The van der Waals surface area contributed by atoms with E-state index in [9.17, 15) is 4.79 Å². The lowest BCUT2D eigenvalue weighted by Crippen LogP contribution is -2.20. The van der Waals surface area contributed by atoms with Gasteiger partial charge in [-0.25, -0.2) is 14.8 Å². The van der Waals surface area contributed by atoms with Crippen molar-refractivity contribution in [2.45, 2.75) is 26.0 Å². The first-order valence-corrected chi connectivity index (χ1v) is 9.05. The molecule has 1 fully saturated rings. The summed E-state index contributed by atoms with van der Waals surface area (Å²) in [4.78, 5) is 24.1. The number of ether oxygens (including phenoxy) is 1. The average molecular weight is 372 g/mol. The fraction of sp³-hybridized carbons (Fsp3) is 0.182. The minimum absolute atomic E-state index is 0.386. The van der Waals surface area contributed by atoms with Crippen LogP contribution in [0.2, 0.25) is 0 Å². The van der Waals surface area contributed by atoms with Gasteiger partial charge in [-0.15, -0.1) is 0 Å². The van der Waals surface area contributed by atoms with Crippen molar-refractivity contribution < 1.29 is 9.53 Å². The van der Waals surface area contributed by atoms with Gasteiger partial charge in [0.25, 0.3) is 0 Å². The second-order valence-corrected chi connectivity index (χ2v) is 5.71. The van der Waals surface area contributed by atoms with E-state index in [-0.39, 0.29) is 6.04 Å². The Morgan fingerprint density at radius 2 is 1.79 bits per heavy atom. The summed E-state index contributed by atoms with van der Waals surface area (Å²) in [5.41, 5.74) is 3.12. The Balaban J connectivity index is 0.00000109. The Morgan fingerprint density at radius 1 is 1.00 bits per heavy atom. The van der Waals surface area contributed by atoms with E-state index in [0.29, 0.717) is 5.69 Å². The molecule has 1 N–H and O–H groups in total. The molecule has 2 aromatic heterocycles. The molecule has 140 valence electrons. The van der Waals surface area contributed by atoms with Crippen LogP contribution in [0.25, 0.3) is 0 Å². The molecule has 6 heteroatoms. The van der Waals surface area contributed by atoms with Gasteiger partial charge in [-0.05, 0) is 29.8 Å². The normalized spacial score (nSPS) is 17.3. The van der Waals surface area contributed by atoms with Crippen LogP contribution in [-0.2, 0) is 4.74 Å². The van der Waals surface area contributed by atoms with Crippen LogP contribution in [0.4, 0.5) is 4.79 Å². The number of rotatable bonds is 2. The molecule has 28 heavy (non-hydrogen) atoms. The van der Waals surface area contributed by atoms with E-state index >= 15 is 0 Å². The third kappa shape index (κ3) is 4.51. The van der Waals surface area contributed by atoms with Crippen LogP contribution in [0.3, 0.4) is 0 Å². The van der Waals surface area contributed by atoms with Crippen molar-refractivity contribution in [1.82, 2.24) is 20.3 Å². The van der Waals surface area contributed by atoms with E-state index < -0.39 is 12.2 Å². The van der Waals surface area contributed by atoms with E-state index in [4.69, 9.17) is 4.74 Å². The third-order valence-electron chi connectivity index (χ3n) is 3.95. The van der Waals surface area contributed by atoms with Crippen LogP contribution in [0.1, 0.15) is 48.4 Å². The minimum Gasteiger partial charge on any atom is -0.437 e. The molecule has 1 saturated heterocycles. The van der Waals surface area contributed by atoms with Gasteiger partial charge in [-0.1, -0.05) is 43.9 Å². The molecule has 0 spiro atoms. The molecule has 1 amide bonds. The molecule has 1 aromatic carbocycles. The molecular weight excluding hydrogens is 352 g/mol. The zero-order chi connectivity index (χ0) is 19.8. The number of amides is 1. The van der Waals surface area contributed by atoms with Crippen LogP contribution >= 0.6 is 0 Å². The summed E-state index contributed by atoms with van der Waals surface area (Å²) in [5, 5.41) is 2.81. The predicted octanol–water partition coefficient (Wildman–Crippen LogP) is 3.82. The van der Waals surface area contributed by atoms with Gasteiger partial charge in [0.1, 0.15) is 12.4 Å². The third-order valence-corrected chi connectivity index (χ3v) is 3.95. The van der Waals surface area contributed by atoms with Gasteiger partial charge in [-0.2, -0.15) is 0 Å². The van der Waals surface area contributed by atoms with Crippen molar-refractivity contribution >= 4 is 6.09 Å². The number of carbonyl (C=O) groups is 1. The van der Waals surface area contributed by atoms with Crippen LogP contribution in [0.5, 0.6) is 0 Å². The number of pyridine rings is 1. The number of benzene rings is 1. The molecule has 4 rings (SSSR count). The van der Waals surface area contributed by atoms with Crippen molar-refractivity contribution in [3.05, 3.63) is 89.8 Å². The second-order valence-electron chi connectivity index (χ2n) is 5.71. The zero-order valence-electron chi connectivity index (χ0n) is 15.7. The lowest BCUT2D eigenvalue weighted by atomic mass is 10.00. The first-order valence-electron chi connectivity index (χ1n) is 9.05. The maximum atomic E-state index is 11.8. The van der Waals surface area contributed by atoms with Crippen molar-refractivity contribution in [3.63, 3.8) is 0 Å². The summed E-state index contributed by atoms with van der Waals surface area (Å²) < 4.78 is 5.38. The summed E-state index contributed by atoms with van der Waals surface area (Å²) >= 11 is 0. The number of aromatic nitrogens is 3. The molecule has 3 heterocycles. The van der Waals surface area contributed by atoms with Gasteiger partial charge in [-0.3, -0.25) is 4.98 Å². The van der Waals surface area contributed by atoms with Crippen LogP contribution < -0.4 is 5.32 Å². The molecule has 0 unspecified atom stereocenters. The fourth-order valence-corrected chi connectivity index (χ4v) is 2.74. The maximum absolute atomic E-state index is 11.8. The highest BCUT2D eigenvalue weighted by atomic mass is 16.6. The lowest BCUT2D eigenvalue weighted by molar-refractivity contribution is 0.129. The molecule has 2 atom stereocenters. The van der Waals surface area contributed by atoms with Crippen molar-refractivity contribution in [3.8, 4) is 11.8 Å². The topological polar surface area (TPSA) is 77.0 Å². The number of alkyl carbamates (subject to hydrolysis) is 1. The Kier molecular flexibility index (Phi) is 6.32. The maximum Gasteiger partial charge on any atom is 0.408 e. The molecule has 0 aliphatic carbocycles. The standard InChI is InChI=1S/C20H14N4O2.C2H6/c25-20-24-18(19(26-20)17-8-9-21-13-23-17)16-10-15(11-22-12-16)7-6-14-4-2-1-3-5-14;1-2/h1-5,8-13,18-19H,(H,24,25);1-2H3/t18-,19+;/m1./s1. The van der Waals surface area contributed by atoms with Crippen LogP contribution in [0.15, 0.2) is 67.4 Å². The van der Waals surface area contributed by atoms with Crippen LogP contribution in [0, 0.1) is 11.8 Å². The molecule has 0 bridgehead atoms. The van der Waals surface area contributed by atoms with E-state index in [0.717, 1.165) is 16.7 Å².